The molecule has 8 heteroatoms. The predicted molar refractivity (Wildman–Crippen MR) is 118 cm³/mol. The number of benzene rings is 3. The number of rotatable bonds is 9. The van der Waals surface area contributed by atoms with E-state index in [2.05, 4.69) is 10.9 Å². The second-order valence-electron chi connectivity index (χ2n) is 6.51. The first kappa shape index (κ1) is 22.5. The zero-order chi connectivity index (χ0) is 22.8. The van der Waals surface area contributed by atoms with Crippen LogP contribution in [0.1, 0.15) is 20.7 Å². The summed E-state index contributed by atoms with van der Waals surface area (Å²) in [5.74, 6) is 1.35. The van der Waals surface area contributed by atoms with Gasteiger partial charge in [-0.2, -0.15) is 0 Å². The maximum absolute atomic E-state index is 12.3. The smallest absolute Gasteiger partial charge is 0.269 e. The van der Waals surface area contributed by atoms with E-state index >= 15 is 0 Å². The van der Waals surface area contributed by atoms with Crippen molar-refractivity contribution < 1.29 is 28.5 Å². The number of nitrogens with one attached hydrogen (secondary N) is 2. The number of carbonyl (C=O) groups is 2. The Bertz CT molecular complexity index is 1040. The highest BCUT2D eigenvalue weighted by Crippen LogP contribution is 2.27. The summed E-state index contributed by atoms with van der Waals surface area (Å²) in [6.45, 7) is 0.760. The topological polar surface area (TPSA) is 95.1 Å². The number of hydrogen-bond acceptors (Lipinski definition) is 6. The molecule has 0 aliphatic carbocycles. The normalized spacial score (nSPS) is 10.1. The first-order valence-corrected chi connectivity index (χ1v) is 9.84. The van der Waals surface area contributed by atoms with Crippen molar-refractivity contribution in [1.82, 2.24) is 10.9 Å². The molecule has 3 aromatic carbocycles. The molecule has 32 heavy (non-hydrogen) atoms. The van der Waals surface area contributed by atoms with Gasteiger partial charge < -0.3 is 18.9 Å². The maximum Gasteiger partial charge on any atom is 0.269 e. The summed E-state index contributed by atoms with van der Waals surface area (Å²) >= 11 is 0. The van der Waals surface area contributed by atoms with Gasteiger partial charge in [0.05, 0.1) is 14.2 Å². The van der Waals surface area contributed by atoms with Gasteiger partial charge in [0, 0.05) is 11.1 Å². The van der Waals surface area contributed by atoms with Crippen LogP contribution in [0.15, 0.2) is 72.8 Å². The van der Waals surface area contributed by atoms with Gasteiger partial charge in [0.15, 0.2) is 11.5 Å². The van der Waals surface area contributed by atoms with Crippen molar-refractivity contribution in [3.8, 4) is 23.0 Å². The van der Waals surface area contributed by atoms with Gasteiger partial charge in [0.1, 0.15) is 24.7 Å². The molecule has 8 nitrogen and oxygen atoms in total. The van der Waals surface area contributed by atoms with Crippen molar-refractivity contribution in [2.75, 3.05) is 27.4 Å². The van der Waals surface area contributed by atoms with E-state index in [9.17, 15) is 9.59 Å². The highest BCUT2D eigenvalue weighted by atomic mass is 16.5. The lowest BCUT2D eigenvalue weighted by molar-refractivity contribution is 0.0846. The Labute approximate surface area is 186 Å². The van der Waals surface area contributed by atoms with Crippen LogP contribution in [-0.2, 0) is 0 Å². The van der Waals surface area contributed by atoms with Crippen molar-refractivity contribution in [3.63, 3.8) is 0 Å². The van der Waals surface area contributed by atoms with E-state index in [1.165, 1.54) is 20.3 Å². The van der Waals surface area contributed by atoms with Gasteiger partial charge >= 0.3 is 0 Å². The van der Waals surface area contributed by atoms with Crippen LogP contribution in [0.4, 0.5) is 0 Å². The molecule has 2 N–H and O–H groups in total. The standard InChI is InChI=1S/C24H24N2O6/c1-29-21-13-10-18(16-22(21)30-2)24(28)26-25-23(27)17-8-11-20(12-9-17)32-15-14-31-19-6-4-3-5-7-19/h3-13,16H,14-15H2,1-2H3,(H,25,27)(H,26,28). The van der Waals surface area contributed by atoms with Gasteiger partial charge in [-0.1, -0.05) is 18.2 Å². The molecule has 0 aromatic heterocycles. The summed E-state index contributed by atoms with van der Waals surface area (Å²) in [5.41, 5.74) is 5.43. The summed E-state index contributed by atoms with van der Waals surface area (Å²) in [6.07, 6.45) is 0. The summed E-state index contributed by atoms with van der Waals surface area (Å²) < 4.78 is 21.5. The molecular weight excluding hydrogens is 412 g/mol. The number of methoxy groups -OCH3 is 2. The van der Waals surface area contributed by atoms with Gasteiger partial charge in [-0.15, -0.1) is 0 Å². The maximum atomic E-state index is 12.3. The molecule has 0 saturated carbocycles. The molecule has 0 heterocycles. The number of amides is 2. The molecule has 0 aliphatic rings. The minimum absolute atomic E-state index is 0.310. The number of carbonyl (C=O) groups excluding carboxylic acids is 2. The van der Waals surface area contributed by atoms with E-state index in [4.69, 9.17) is 18.9 Å². The number of hydrazine groups is 1. The molecule has 0 fully saturated rings. The SMILES string of the molecule is COc1ccc(C(=O)NNC(=O)c2ccc(OCCOc3ccccc3)cc2)cc1OC. The van der Waals surface area contributed by atoms with Crippen molar-refractivity contribution in [1.29, 1.82) is 0 Å². The Hall–Kier alpha value is -4.20. The van der Waals surface area contributed by atoms with Crippen LogP contribution >= 0.6 is 0 Å². The molecule has 0 radical (unpaired) electrons. The Morgan fingerprint density at radius 2 is 1.19 bits per heavy atom. The average molecular weight is 436 g/mol. The molecular formula is C24H24N2O6. The fourth-order valence-electron chi connectivity index (χ4n) is 2.77. The third-order valence-corrected chi connectivity index (χ3v) is 4.42. The van der Waals surface area contributed by atoms with Crippen molar-refractivity contribution >= 4 is 11.8 Å². The van der Waals surface area contributed by atoms with Crippen LogP contribution in [0.25, 0.3) is 0 Å². The number of ether oxygens (including phenoxy) is 4. The van der Waals surface area contributed by atoms with Crippen molar-refractivity contribution in [2.24, 2.45) is 0 Å². The lowest BCUT2D eigenvalue weighted by atomic mass is 10.2. The van der Waals surface area contributed by atoms with E-state index in [0.29, 0.717) is 41.6 Å². The summed E-state index contributed by atoms with van der Waals surface area (Å²) in [7, 11) is 2.98. The van der Waals surface area contributed by atoms with Crippen molar-refractivity contribution in [3.05, 3.63) is 83.9 Å². The van der Waals surface area contributed by atoms with E-state index in [0.717, 1.165) is 5.75 Å². The highest BCUT2D eigenvalue weighted by Gasteiger charge is 2.12. The van der Waals surface area contributed by atoms with Crippen LogP contribution in [-0.4, -0.2) is 39.2 Å². The number of hydrogen-bond donors (Lipinski definition) is 2. The van der Waals surface area contributed by atoms with Crippen molar-refractivity contribution in [2.45, 2.75) is 0 Å². The monoisotopic (exact) mass is 436 g/mol. The van der Waals surface area contributed by atoms with Crippen LogP contribution in [0.5, 0.6) is 23.0 Å². The second-order valence-corrected chi connectivity index (χ2v) is 6.51. The number of para-hydroxylation sites is 1. The molecule has 3 rings (SSSR count). The Balaban J connectivity index is 1.45. The fourth-order valence-corrected chi connectivity index (χ4v) is 2.77. The summed E-state index contributed by atoms with van der Waals surface area (Å²) in [6, 6.07) is 20.7. The van der Waals surface area contributed by atoms with E-state index in [1.54, 1.807) is 36.4 Å². The Morgan fingerprint density at radius 3 is 1.78 bits per heavy atom. The minimum Gasteiger partial charge on any atom is -0.493 e. The first-order valence-electron chi connectivity index (χ1n) is 9.84. The highest BCUT2D eigenvalue weighted by molar-refractivity contribution is 5.99. The molecule has 3 aromatic rings. The fraction of sp³-hybridized carbons (Fsp3) is 0.167. The summed E-state index contributed by atoms with van der Waals surface area (Å²) in [5, 5.41) is 0. The molecule has 0 saturated heterocycles. The third kappa shape index (κ3) is 6.15. The van der Waals surface area contributed by atoms with Gasteiger partial charge in [-0.05, 0) is 54.6 Å². The van der Waals surface area contributed by atoms with Gasteiger partial charge in [0.2, 0.25) is 0 Å². The van der Waals surface area contributed by atoms with Crippen LogP contribution in [0.3, 0.4) is 0 Å². The first-order chi connectivity index (χ1) is 15.6. The molecule has 0 atom stereocenters. The van der Waals surface area contributed by atoms with Gasteiger partial charge in [-0.3, -0.25) is 20.4 Å². The van der Waals surface area contributed by atoms with E-state index in [1.807, 2.05) is 30.3 Å². The molecule has 0 unspecified atom stereocenters. The van der Waals surface area contributed by atoms with Crippen LogP contribution in [0, 0.1) is 0 Å². The van der Waals surface area contributed by atoms with Crippen LogP contribution < -0.4 is 29.8 Å². The Kier molecular flexibility index (Phi) is 7.91. The zero-order valence-corrected chi connectivity index (χ0v) is 17.8. The van der Waals surface area contributed by atoms with E-state index in [-0.39, 0.29) is 0 Å². The molecule has 166 valence electrons. The Morgan fingerprint density at radius 1 is 0.656 bits per heavy atom. The largest absolute Gasteiger partial charge is 0.493 e. The molecule has 2 amide bonds. The lowest BCUT2D eigenvalue weighted by Gasteiger charge is -2.11. The second kappa shape index (κ2) is 11.3. The van der Waals surface area contributed by atoms with Gasteiger partial charge in [-0.25, -0.2) is 0 Å². The quantitative estimate of drug-likeness (QED) is 0.395. The molecule has 0 spiro atoms. The molecule has 0 bridgehead atoms. The molecule has 0 aliphatic heterocycles. The van der Waals surface area contributed by atoms with Gasteiger partial charge in [0.25, 0.3) is 11.8 Å². The summed E-state index contributed by atoms with van der Waals surface area (Å²) in [4.78, 5) is 24.6. The van der Waals surface area contributed by atoms with E-state index < -0.39 is 11.8 Å². The lowest BCUT2D eigenvalue weighted by Crippen LogP contribution is -2.41. The third-order valence-electron chi connectivity index (χ3n) is 4.42. The predicted octanol–water partition coefficient (Wildman–Crippen LogP) is 3.24. The zero-order valence-electron chi connectivity index (χ0n) is 17.8. The average Bonchev–Trinajstić information content (AvgIpc) is 2.85. The minimum atomic E-state index is -0.488. The van der Waals surface area contributed by atoms with Crippen LogP contribution in [0.2, 0.25) is 0 Å².